The summed E-state index contributed by atoms with van der Waals surface area (Å²) in [6.45, 7) is 19.1. The molecule has 0 heterocycles. The van der Waals surface area contributed by atoms with Crippen LogP contribution in [0.5, 0.6) is 0 Å². The van der Waals surface area contributed by atoms with Gasteiger partial charge in [0.05, 0.1) is 34.3 Å². The Morgan fingerprint density at radius 3 is 1.13 bits per heavy atom. The van der Waals surface area contributed by atoms with Gasteiger partial charge in [0.15, 0.2) is 0 Å². The van der Waals surface area contributed by atoms with Gasteiger partial charge in [-0.15, -0.1) is 0 Å². The Morgan fingerprint density at radius 2 is 0.815 bits per heavy atom. The topological polar surface area (TPSA) is 109 Å². The summed E-state index contributed by atoms with van der Waals surface area (Å²) in [6, 6.07) is 20.6. The number of rotatable bonds is 10. The predicted molar refractivity (Wildman–Crippen MR) is 218 cm³/mol. The maximum Gasteiger partial charge on any atom is 0.264 e. The molecule has 288 valence electrons. The zero-order valence-corrected chi connectivity index (χ0v) is 35.0. The number of ketones is 2. The second kappa shape index (κ2) is 13.3. The molecule has 54 heavy (non-hydrogen) atoms. The van der Waals surface area contributed by atoms with Crippen LogP contribution >= 0.6 is 0 Å². The van der Waals surface area contributed by atoms with Crippen LogP contribution in [0.1, 0.15) is 117 Å². The van der Waals surface area contributed by atoms with Crippen LogP contribution in [0.4, 0.5) is 11.4 Å². The van der Waals surface area contributed by atoms with Crippen LogP contribution in [-0.4, -0.2) is 41.5 Å². The average Bonchev–Trinajstić information content (AvgIpc) is 3.09. The van der Waals surface area contributed by atoms with Gasteiger partial charge in [0.2, 0.25) is 0 Å². The number of carbonyl (C=O) groups excluding carboxylic acids is 2. The van der Waals surface area contributed by atoms with E-state index in [-0.39, 0.29) is 54.4 Å². The maximum absolute atomic E-state index is 14.7. The highest BCUT2D eigenvalue weighted by Gasteiger charge is 2.41. The largest absolute Gasteiger partial charge is 0.298 e. The third-order valence-corrected chi connectivity index (χ3v) is 15.5. The van der Waals surface area contributed by atoms with Crippen molar-refractivity contribution in [2.75, 3.05) is 21.7 Å². The Morgan fingerprint density at radius 1 is 0.500 bits per heavy atom. The van der Waals surface area contributed by atoms with Gasteiger partial charge in [0, 0.05) is 10.8 Å². The van der Waals surface area contributed by atoms with Gasteiger partial charge in [-0.05, 0) is 120 Å². The first-order valence-electron chi connectivity index (χ1n) is 18.8. The number of benzene rings is 4. The fourth-order valence-corrected chi connectivity index (χ4v) is 11.5. The number of sulfonamides is 2. The van der Waals surface area contributed by atoms with Crippen molar-refractivity contribution in [2.45, 2.75) is 126 Å². The summed E-state index contributed by atoms with van der Waals surface area (Å²) in [7, 11) is -8.58. The van der Waals surface area contributed by atoms with E-state index in [0.29, 0.717) is 10.8 Å². The van der Waals surface area contributed by atoms with E-state index in [1.54, 1.807) is 60.7 Å². The highest BCUT2D eigenvalue weighted by atomic mass is 32.2. The van der Waals surface area contributed by atoms with E-state index in [4.69, 9.17) is 0 Å². The van der Waals surface area contributed by atoms with Crippen molar-refractivity contribution in [1.82, 2.24) is 0 Å². The molecule has 0 unspecified atom stereocenters. The van der Waals surface area contributed by atoms with Crippen molar-refractivity contribution in [3.8, 4) is 0 Å². The molecular weight excluding hydrogens is 717 g/mol. The van der Waals surface area contributed by atoms with Crippen molar-refractivity contribution in [1.29, 1.82) is 0 Å². The molecule has 0 saturated heterocycles. The van der Waals surface area contributed by atoms with Gasteiger partial charge in [-0.1, -0.05) is 91.8 Å². The van der Waals surface area contributed by atoms with Crippen LogP contribution in [0.25, 0.3) is 10.8 Å². The van der Waals surface area contributed by atoms with Crippen molar-refractivity contribution in [3.63, 3.8) is 0 Å². The highest BCUT2D eigenvalue weighted by Crippen LogP contribution is 2.48. The molecule has 0 amide bonds. The molecule has 2 aliphatic rings. The molecule has 4 aromatic carbocycles. The summed E-state index contributed by atoms with van der Waals surface area (Å²) >= 11 is 0. The lowest BCUT2D eigenvalue weighted by Gasteiger charge is -2.42. The van der Waals surface area contributed by atoms with Crippen LogP contribution in [0.3, 0.4) is 0 Å². The average molecular weight is 771 g/mol. The van der Waals surface area contributed by atoms with Gasteiger partial charge >= 0.3 is 0 Å². The van der Waals surface area contributed by atoms with E-state index < -0.39 is 33.1 Å². The number of hydrogen-bond donors (Lipinski definition) is 0. The van der Waals surface area contributed by atoms with Gasteiger partial charge < -0.3 is 0 Å². The van der Waals surface area contributed by atoms with E-state index >= 15 is 0 Å². The fourth-order valence-electron chi connectivity index (χ4n) is 8.42. The van der Waals surface area contributed by atoms with Crippen molar-refractivity contribution in [2.24, 2.45) is 0 Å². The predicted octanol–water partition coefficient (Wildman–Crippen LogP) is 9.11. The van der Waals surface area contributed by atoms with Crippen LogP contribution in [-0.2, 0) is 51.3 Å². The van der Waals surface area contributed by atoms with E-state index in [0.717, 1.165) is 56.5 Å². The Hall–Kier alpha value is -4.02. The van der Waals surface area contributed by atoms with Crippen LogP contribution in [0.2, 0.25) is 0 Å². The molecule has 10 heteroatoms. The summed E-state index contributed by atoms with van der Waals surface area (Å²) in [4.78, 5) is 25.8. The smallest absolute Gasteiger partial charge is 0.264 e. The highest BCUT2D eigenvalue weighted by molar-refractivity contribution is 7.93. The lowest BCUT2D eigenvalue weighted by molar-refractivity contribution is -0.116. The molecule has 0 saturated carbocycles. The third kappa shape index (κ3) is 6.89. The standard InChI is InChI=1S/C44H54N2O6S2/c1-29(47)27-45(53(49,50)31-15-17-35-37(25-31)43(7,8)23-21-41(35,3)4)39-19-20-40(34-14-12-11-13-33(34)39)46(28-30(2)48)54(51,52)32-16-18-36-38(26-32)44(9,10)24-22-42(36,5)6/h11-20,25-26H,21-24,27-28H2,1-10H3. The first-order valence-corrected chi connectivity index (χ1v) is 21.6. The number of hydrogen-bond acceptors (Lipinski definition) is 6. The number of fused-ring (bicyclic) bond motifs is 3. The fraction of sp³-hybridized carbons (Fsp3) is 0.455. The molecule has 0 N–H and O–H groups in total. The van der Waals surface area contributed by atoms with Gasteiger partial charge in [-0.3, -0.25) is 18.2 Å². The molecule has 0 bridgehead atoms. The molecule has 8 nitrogen and oxygen atoms in total. The van der Waals surface area contributed by atoms with Gasteiger partial charge in [0.25, 0.3) is 20.0 Å². The van der Waals surface area contributed by atoms with Crippen molar-refractivity contribution in [3.05, 3.63) is 95.1 Å². The molecule has 0 fully saturated rings. The minimum atomic E-state index is -4.29. The van der Waals surface area contributed by atoms with Crippen molar-refractivity contribution < 1.29 is 26.4 Å². The third-order valence-electron chi connectivity index (χ3n) is 12.0. The molecule has 0 aromatic heterocycles. The Balaban J connectivity index is 1.51. The second-order valence-electron chi connectivity index (χ2n) is 18.0. The van der Waals surface area contributed by atoms with E-state index in [1.165, 1.54) is 13.8 Å². The zero-order valence-electron chi connectivity index (χ0n) is 33.3. The number of Topliss-reactive ketones (excluding diaryl/α,β-unsaturated/α-hetero) is 2. The van der Waals surface area contributed by atoms with Crippen molar-refractivity contribution >= 4 is 53.8 Å². The maximum atomic E-state index is 14.7. The molecule has 0 aliphatic heterocycles. The number of nitrogens with zero attached hydrogens (tertiary/aromatic N) is 2. The minimum Gasteiger partial charge on any atom is -0.298 e. The summed E-state index contributed by atoms with van der Waals surface area (Å²) < 4.78 is 61.1. The SMILES string of the molecule is CC(=O)CN(c1ccc(N(CC(C)=O)S(=O)(=O)c2ccc3c(c2)C(C)(C)CCC3(C)C)c2ccccc12)S(=O)(=O)c1ccc2c(c1)C(C)(C)CCC2(C)C. The summed E-state index contributed by atoms with van der Waals surface area (Å²) in [5.74, 6) is -0.712. The monoisotopic (exact) mass is 770 g/mol. The molecule has 4 aromatic rings. The van der Waals surface area contributed by atoms with Crippen LogP contribution in [0, 0.1) is 0 Å². The minimum absolute atomic E-state index is 0.0840. The van der Waals surface area contributed by atoms with E-state index in [1.807, 2.05) is 12.1 Å². The number of carbonyl (C=O) groups is 2. The first kappa shape index (κ1) is 39.7. The zero-order chi connectivity index (χ0) is 39.8. The van der Waals surface area contributed by atoms with E-state index in [9.17, 15) is 26.4 Å². The van der Waals surface area contributed by atoms with Crippen LogP contribution in [0.15, 0.2) is 82.6 Å². The molecule has 0 spiro atoms. The van der Waals surface area contributed by atoms with Crippen LogP contribution < -0.4 is 8.61 Å². The number of anilines is 2. The molecule has 6 rings (SSSR count). The molecule has 0 atom stereocenters. The second-order valence-corrected chi connectivity index (χ2v) is 21.8. The molecule has 0 radical (unpaired) electrons. The van der Waals surface area contributed by atoms with E-state index in [2.05, 4.69) is 55.4 Å². The van der Waals surface area contributed by atoms with Gasteiger partial charge in [0.1, 0.15) is 11.6 Å². The molecular formula is C44H54N2O6S2. The normalized spacial score (nSPS) is 18.3. The lowest BCUT2D eigenvalue weighted by Crippen LogP contribution is -2.38. The molecule has 2 aliphatic carbocycles. The lowest BCUT2D eigenvalue weighted by atomic mass is 9.63. The Bertz CT molecular complexity index is 2240. The first-order chi connectivity index (χ1) is 24.9. The summed E-state index contributed by atoms with van der Waals surface area (Å²) in [5.41, 5.74) is 3.93. The summed E-state index contributed by atoms with van der Waals surface area (Å²) in [6.07, 6.45) is 3.76. The quantitative estimate of drug-likeness (QED) is 0.159. The Kier molecular flexibility index (Phi) is 9.79. The Labute approximate surface area is 322 Å². The van der Waals surface area contributed by atoms with Gasteiger partial charge in [-0.2, -0.15) is 0 Å². The summed E-state index contributed by atoms with van der Waals surface area (Å²) in [5, 5.41) is 0.854. The van der Waals surface area contributed by atoms with Gasteiger partial charge in [-0.25, -0.2) is 16.8 Å².